The van der Waals surface area contributed by atoms with E-state index in [9.17, 15) is 10.2 Å². The molecule has 2 N–H and O–H groups in total. The minimum Gasteiger partial charge on any atom is -0.392 e. The van der Waals surface area contributed by atoms with Crippen LogP contribution in [0.15, 0.2) is 0 Å². The number of rotatable bonds is 3. The highest BCUT2D eigenvalue weighted by Gasteiger charge is 2.93. The third-order valence-corrected chi connectivity index (χ3v) is 11.6. The van der Waals surface area contributed by atoms with Crippen LogP contribution in [0.25, 0.3) is 0 Å². The van der Waals surface area contributed by atoms with Crippen molar-refractivity contribution < 1.29 is 29.2 Å². The SMILES string of the molecule is CCN1C[C@]2(C)CC[C@H](O)[C@@]34C2[C@H](OC)[C@]2(OCO[C@@]25C[C@H](OC)[C@H]2C[C@@H]3[C@@H]5[C@H]2O)[C@H]14. The van der Waals surface area contributed by atoms with Crippen LogP contribution >= 0.6 is 0 Å². The summed E-state index contributed by atoms with van der Waals surface area (Å²) >= 11 is 0. The van der Waals surface area contributed by atoms with Crippen LogP contribution < -0.4 is 0 Å². The van der Waals surface area contributed by atoms with E-state index in [-0.39, 0.29) is 59.5 Å². The highest BCUT2D eigenvalue weighted by Crippen LogP contribution is 2.82. The highest BCUT2D eigenvalue weighted by molar-refractivity contribution is 5.42. The Morgan fingerprint density at radius 3 is 2.68 bits per heavy atom. The van der Waals surface area contributed by atoms with Gasteiger partial charge in [0.05, 0.1) is 30.5 Å². The summed E-state index contributed by atoms with van der Waals surface area (Å²) in [4.78, 5) is 2.59. The van der Waals surface area contributed by atoms with E-state index in [4.69, 9.17) is 18.9 Å². The molecule has 174 valence electrons. The molecule has 0 aromatic heterocycles. The average molecular weight is 436 g/mol. The number of likely N-dealkylation sites (tertiary alicyclic amines) is 1. The van der Waals surface area contributed by atoms with Crippen molar-refractivity contribution in [1.29, 1.82) is 0 Å². The van der Waals surface area contributed by atoms with E-state index in [0.717, 1.165) is 38.8 Å². The van der Waals surface area contributed by atoms with Gasteiger partial charge in [-0.2, -0.15) is 0 Å². The maximum atomic E-state index is 11.9. The molecule has 0 amide bonds. The molecule has 7 fully saturated rings. The minimum absolute atomic E-state index is 0.0358. The number of likely N-dealkylation sites (N-methyl/N-ethyl adjacent to an activating group) is 1. The summed E-state index contributed by atoms with van der Waals surface area (Å²) in [6, 6.07) is 0.0358. The fourth-order valence-electron chi connectivity index (χ4n) is 11.1. The van der Waals surface area contributed by atoms with Crippen LogP contribution in [0.1, 0.15) is 39.5 Å². The predicted molar refractivity (Wildman–Crippen MR) is 110 cm³/mol. The van der Waals surface area contributed by atoms with E-state index < -0.39 is 23.4 Å². The van der Waals surface area contributed by atoms with E-state index >= 15 is 0 Å². The Morgan fingerprint density at radius 2 is 1.97 bits per heavy atom. The normalized spacial score (nSPS) is 65.8. The summed E-state index contributed by atoms with van der Waals surface area (Å²) in [5.74, 6) is 0.432. The van der Waals surface area contributed by atoms with Crippen molar-refractivity contribution in [3.8, 4) is 0 Å². The van der Waals surface area contributed by atoms with Gasteiger partial charge in [-0.1, -0.05) is 13.8 Å². The Balaban J connectivity index is 1.57. The second-order valence-electron chi connectivity index (χ2n) is 11.9. The lowest BCUT2D eigenvalue weighted by Gasteiger charge is -2.69. The van der Waals surface area contributed by atoms with Gasteiger partial charge in [0.25, 0.3) is 0 Å². The van der Waals surface area contributed by atoms with Crippen LogP contribution in [0, 0.1) is 34.5 Å². The molecule has 31 heavy (non-hydrogen) atoms. The summed E-state index contributed by atoms with van der Waals surface area (Å²) < 4.78 is 25.9. The van der Waals surface area contributed by atoms with Crippen LogP contribution in [-0.2, 0) is 18.9 Å². The molecule has 7 bridgehead atoms. The predicted octanol–water partition coefficient (Wildman–Crippen LogP) is 1.01. The Bertz CT molecular complexity index is 811. The van der Waals surface area contributed by atoms with Crippen LogP contribution in [0.3, 0.4) is 0 Å². The molecule has 2 heterocycles. The molecule has 7 nitrogen and oxygen atoms in total. The number of aliphatic hydroxyl groups excluding tert-OH is 2. The molecule has 0 radical (unpaired) electrons. The lowest BCUT2D eigenvalue weighted by atomic mass is 9.43. The molecule has 7 heteroatoms. The summed E-state index contributed by atoms with van der Waals surface area (Å²) in [6.07, 6.45) is 2.30. The number of ether oxygens (including phenoxy) is 4. The molecule has 0 aromatic carbocycles. The first-order chi connectivity index (χ1) is 14.9. The molecule has 13 atom stereocenters. The first-order valence-corrected chi connectivity index (χ1v) is 12.3. The number of piperidine rings is 1. The van der Waals surface area contributed by atoms with E-state index in [1.807, 2.05) is 7.11 Å². The molecule has 2 aliphatic heterocycles. The van der Waals surface area contributed by atoms with Crippen LogP contribution in [-0.4, -0.2) is 90.9 Å². The molecule has 7 rings (SSSR count). The number of hydrogen-bond donors (Lipinski definition) is 2. The quantitative estimate of drug-likeness (QED) is 0.685. The molecular weight excluding hydrogens is 398 g/mol. The third-order valence-electron chi connectivity index (χ3n) is 11.6. The summed E-state index contributed by atoms with van der Waals surface area (Å²) in [5, 5.41) is 23.6. The molecule has 3 spiro atoms. The Morgan fingerprint density at radius 1 is 1.16 bits per heavy atom. The van der Waals surface area contributed by atoms with Crippen molar-refractivity contribution in [1.82, 2.24) is 4.90 Å². The minimum atomic E-state index is -0.695. The second-order valence-corrected chi connectivity index (χ2v) is 11.9. The zero-order chi connectivity index (χ0) is 21.6. The summed E-state index contributed by atoms with van der Waals surface area (Å²) in [5.41, 5.74) is -1.63. The Kier molecular flexibility index (Phi) is 3.80. The van der Waals surface area contributed by atoms with Crippen molar-refractivity contribution in [2.24, 2.45) is 34.5 Å². The van der Waals surface area contributed by atoms with Crippen molar-refractivity contribution in [2.45, 2.75) is 81.2 Å². The fourth-order valence-corrected chi connectivity index (χ4v) is 11.1. The summed E-state index contributed by atoms with van der Waals surface area (Å²) in [7, 11) is 3.57. The van der Waals surface area contributed by atoms with Gasteiger partial charge in [0.2, 0.25) is 0 Å². The standard InChI is InChI=1S/C24H37NO6/c1-5-25-10-21(2)7-6-15(26)23-13-8-12-14(28-3)9-22(16(13)17(12)27)24(20(23)25,31-11-30-22)19(29-4)18(21)23/h12-20,26-27H,5-11H2,1-4H3/t12-,13-,14+,15+,16-,17+,18?,19+,20-,21+,22-,23-,24+/m1/s1. The molecule has 5 saturated carbocycles. The maximum Gasteiger partial charge on any atom is 0.148 e. The van der Waals surface area contributed by atoms with Gasteiger partial charge in [-0.15, -0.1) is 0 Å². The van der Waals surface area contributed by atoms with Gasteiger partial charge in [0, 0.05) is 50.4 Å². The fraction of sp³-hybridized carbons (Fsp3) is 1.00. The molecule has 5 aliphatic carbocycles. The van der Waals surface area contributed by atoms with Crippen LogP contribution in [0.4, 0.5) is 0 Å². The molecule has 0 aromatic rings. The number of hydrogen-bond acceptors (Lipinski definition) is 7. The van der Waals surface area contributed by atoms with Crippen molar-refractivity contribution in [2.75, 3.05) is 34.1 Å². The lowest BCUT2D eigenvalue weighted by molar-refractivity contribution is -0.278. The van der Waals surface area contributed by atoms with Crippen molar-refractivity contribution >= 4 is 0 Å². The van der Waals surface area contributed by atoms with E-state index in [1.54, 1.807) is 7.11 Å². The molecule has 2 saturated heterocycles. The van der Waals surface area contributed by atoms with Gasteiger partial charge in [0.1, 0.15) is 18.0 Å². The van der Waals surface area contributed by atoms with E-state index in [2.05, 4.69) is 18.7 Å². The monoisotopic (exact) mass is 435 g/mol. The van der Waals surface area contributed by atoms with Gasteiger partial charge >= 0.3 is 0 Å². The Labute approximate surface area is 184 Å². The van der Waals surface area contributed by atoms with Crippen LogP contribution in [0.2, 0.25) is 0 Å². The largest absolute Gasteiger partial charge is 0.392 e. The van der Waals surface area contributed by atoms with Gasteiger partial charge in [-0.05, 0) is 37.1 Å². The van der Waals surface area contributed by atoms with Crippen LogP contribution in [0.5, 0.6) is 0 Å². The van der Waals surface area contributed by atoms with E-state index in [1.165, 1.54) is 0 Å². The zero-order valence-corrected chi connectivity index (χ0v) is 19.1. The van der Waals surface area contributed by atoms with Crippen molar-refractivity contribution in [3.63, 3.8) is 0 Å². The number of fused-ring (bicyclic) bond motifs is 1. The third kappa shape index (κ3) is 1.74. The van der Waals surface area contributed by atoms with Gasteiger partial charge < -0.3 is 29.2 Å². The van der Waals surface area contributed by atoms with Crippen molar-refractivity contribution in [3.05, 3.63) is 0 Å². The smallest absolute Gasteiger partial charge is 0.148 e. The first-order valence-electron chi connectivity index (χ1n) is 12.3. The van der Waals surface area contributed by atoms with Gasteiger partial charge in [0.15, 0.2) is 0 Å². The topological polar surface area (TPSA) is 80.6 Å². The highest BCUT2D eigenvalue weighted by atomic mass is 16.7. The number of methoxy groups -OCH3 is 2. The number of nitrogens with zero attached hydrogens (tertiary/aromatic N) is 1. The molecule has 1 unspecified atom stereocenters. The number of aliphatic hydroxyl groups is 2. The molecule has 7 aliphatic rings. The Hall–Kier alpha value is -0.280. The maximum absolute atomic E-state index is 11.9. The molecular formula is C24H37NO6. The van der Waals surface area contributed by atoms with Gasteiger partial charge in [-0.25, -0.2) is 0 Å². The average Bonchev–Trinajstić information content (AvgIpc) is 3.31. The first kappa shape index (κ1) is 20.1. The zero-order valence-electron chi connectivity index (χ0n) is 19.1. The van der Waals surface area contributed by atoms with Gasteiger partial charge in [-0.3, -0.25) is 4.90 Å². The summed E-state index contributed by atoms with van der Waals surface area (Å²) in [6.45, 7) is 6.78. The lowest BCUT2D eigenvalue weighted by Crippen LogP contribution is -2.80. The van der Waals surface area contributed by atoms with E-state index in [0.29, 0.717) is 0 Å². The second kappa shape index (κ2) is 5.85.